The number of nitrogens with two attached hydrogens (primary N) is 1. The quantitative estimate of drug-likeness (QED) is 0.221. The van der Waals surface area contributed by atoms with Crippen LogP contribution >= 0.6 is 0 Å². The van der Waals surface area contributed by atoms with Crippen LogP contribution in [0, 0.1) is 0 Å². The number of aromatic amines is 1. The Labute approximate surface area is 185 Å². The summed E-state index contributed by atoms with van der Waals surface area (Å²) in [6.07, 6.45) is 18.7. The van der Waals surface area contributed by atoms with Crippen LogP contribution < -0.4 is 10.5 Å². The zero-order valence-electron chi connectivity index (χ0n) is 18.6. The number of benzene rings is 1. The summed E-state index contributed by atoms with van der Waals surface area (Å²) in [6, 6.07) is 8.16. The van der Waals surface area contributed by atoms with Crippen LogP contribution in [0.3, 0.4) is 0 Å². The van der Waals surface area contributed by atoms with E-state index in [1.165, 1.54) is 82.2 Å². The maximum Gasteiger partial charge on any atom is 0.337 e. The number of imidazole rings is 1. The number of aryl methyl sites for hydroxylation is 1. The molecular formula is C25H35N3O3. The highest BCUT2D eigenvalue weighted by Gasteiger charge is 2.14. The van der Waals surface area contributed by atoms with Gasteiger partial charge in [0.1, 0.15) is 0 Å². The van der Waals surface area contributed by atoms with Gasteiger partial charge in [0, 0.05) is 6.08 Å². The van der Waals surface area contributed by atoms with Crippen molar-refractivity contribution >= 4 is 18.0 Å². The highest BCUT2D eigenvalue weighted by molar-refractivity contribution is 5.95. The molecule has 0 bridgehead atoms. The van der Waals surface area contributed by atoms with Crippen molar-refractivity contribution in [2.24, 2.45) is 5.73 Å². The molecule has 0 unspecified atom stereocenters. The molecule has 1 aromatic carbocycles. The first-order valence-electron chi connectivity index (χ1n) is 11.4. The van der Waals surface area contributed by atoms with Gasteiger partial charge in [-0.3, -0.25) is 4.79 Å². The van der Waals surface area contributed by atoms with Crippen molar-refractivity contribution in [3.63, 3.8) is 0 Å². The molecular weight excluding hydrogens is 390 g/mol. The van der Waals surface area contributed by atoms with Gasteiger partial charge >= 0.3 is 5.97 Å². The number of esters is 1. The highest BCUT2D eigenvalue weighted by Crippen LogP contribution is 2.14. The number of hydrogen-bond acceptors (Lipinski definition) is 4. The number of nitrogens with zero attached hydrogens (tertiary/aromatic N) is 1. The van der Waals surface area contributed by atoms with E-state index in [1.54, 1.807) is 6.08 Å². The Morgan fingerprint density at radius 2 is 1.58 bits per heavy atom. The summed E-state index contributed by atoms with van der Waals surface area (Å²) < 4.78 is 5.04. The SMILES string of the molecule is CCCCCCCCCCCCc1ccc(/C=C/C(=O)Oc2nc[nH]c2C(N)=O)cc1. The predicted octanol–water partition coefficient (Wildman–Crippen LogP) is 5.59. The topological polar surface area (TPSA) is 98.1 Å². The molecule has 0 radical (unpaired) electrons. The maximum absolute atomic E-state index is 11.9. The van der Waals surface area contributed by atoms with Crippen molar-refractivity contribution in [2.45, 2.75) is 77.6 Å². The highest BCUT2D eigenvalue weighted by atomic mass is 16.5. The number of ether oxygens (including phenoxy) is 1. The summed E-state index contributed by atoms with van der Waals surface area (Å²) in [5.41, 5.74) is 7.36. The molecule has 1 aromatic heterocycles. The minimum Gasteiger partial charge on any atom is -0.402 e. The van der Waals surface area contributed by atoms with Gasteiger partial charge in [0.25, 0.3) is 11.8 Å². The zero-order chi connectivity index (χ0) is 22.3. The van der Waals surface area contributed by atoms with Crippen molar-refractivity contribution in [2.75, 3.05) is 0 Å². The van der Waals surface area contributed by atoms with Crippen LogP contribution in [-0.2, 0) is 11.2 Å². The Kier molecular flexibility index (Phi) is 11.1. The monoisotopic (exact) mass is 425 g/mol. The van der Waals surface area contributed by atoms with Gasteiger partial charge in [0.05, 0.1) is 6.33 Å². The van der Waals surface area contributed by atoms with E-state index in [0.29, 0.717) is 0 Å². The minimum absolute atomic E-state index is 0.0296. The van der Waals surface area contributed by atoms with E-state index in [2.05, 4.69) is 29.0 Å². The lowest BCUT2D eigenvalue weighted by Crippen LogP contribution is -2.14. The molecule has 2 aromatic rings. The summed E-state index contributed by atoms with van der Waals surface area (Å²) in [4.78, 5) is 29.4. The number of nitrogens with one attached hydrogen (secondary N) is 1. The molecule has 1 heterocycles. The molecule has 0 aliphatic carbocycles. The first-order chi connectivity index (χ1) is 15.1. The molecule has 6 heteroatoms. The van der Waals surface area contributed by atoms with Crippen molar-refractivity contribution in [3.05, 3.63) is 53.5 Å². The second-order valence-corrected chi connectivity index (χ2v) is 7.87. The third-order valence-corrected chi connectivity index (χ3v) is 5.26. The second-order valence-electron chi connectivity index (χ2n) is 7.87. The standard InChI is InChI=1S/C25H35N3O3/c1-2-3-4-5-6-7-8-9-10-11-12-20-13-15-21(16-14-20)17-18-22(29)31-25-23(24(26)30)27-19-28-25/h13-19H,2-12H2,1H3,(H2,26,30)(H,27,28)/b18-17+. The summed E-state index contributed by atoms with van der Waals surface area (Å²) in [6.45, 7) is 2.26. The van der Waals surface area contributed by atoms with Crippen LogP contribution in [0.4, 0.5) is 0 Å². The fourth-order valence-electron chi connectivity index (χ4n) is 3.44. The molecule has 6 nitrogen and oxygen atoms in total. The molecule has 168 valence electrons. The fraction of sp³-hybridized carbons (Fsp3) is 0.480. The number of primary amides is 1. The Balaban J connectivity index is 1.63. The lowest BCUT2D eigenvalue weighted by Gasteiger charge is -2.04. The Morgan fingerprint density at radius 3 is 2.19 bits per heavy atom. The smallest absolute Gasteiger partial charge is 0.337 e. The van der Waals surface area contributed by atoms with Crippen molar-refractivity contribution < 1.29 is 14.3 Å². The predicted molar refractivity (Wildman–Crippen MR) is 124 cm³/mol. The second kappa shape index (κ2) is 14.2. The molecule has 1 amide bonds. The van der Waals surface area contributed by atoms with Gasteiger partial charge in [-0.15, -0.1) is 0 Å². The third-order valence-electron chi connectivity index (χ3n) is 5.26. The summed E-state index contributed by atoms with van der Waals surface area (Å²) in [7, 11) is 0. The Bertz CT molecular complexity index is 825. The van der Waals surface area contributed by atoms with Crippen LogP contribution in [0.1, 0.15) is 92.7 Å². The van der Waals surface area contributed by atoms with Gasteiger partial charge in [-0.1, -0.05) is 89.0 Å². The van der Waals surface area contributed by atoms with E-state index in [1.807, 2.05) is 12.1 Å². The van der Waals surface area contributed by atoms with E-state index in [0.717, 1.165) is 12.0 Å². The van der Waals surface area contributed by atoms with Crippen LogP contribution in [0.2, 0.25) is 0 Å². The van der Waals surface area contributed by atoms with Gasteiger partial charge in [-0.2, -0.15) is 0 Å². The summed E-state index contributed by atoms with van der Waals surface area (Å²) in [5, 5.41) is 0. The molecule has 2 rings (SSSR count). The Hall–Kier alpha value is -2.89. The fourth-order valence-corrected chi connectivity index (χ4v) is 3.44. The van der Waals surface area contributed by atoms with Gasteiger partial charge in [0.2, 0.25) is 0 Å². The van der Waals surface area contributed by atoms with Crippen LogP contribution in [0.15, 0.2) is 36.7 Å². The van der Waals surface area contributed by atoms with Crippen molar-refractivity contribution in [1.29, 1.82) is 0 Å². The number of carbonyl (C=O) groups excluding carboxylic acids is 2. The van der Waals surface area contributed by atoms with E-state index >= 15 is 0 Å². The average molecular weight is 426 g/mol. The van der Waals surface area contributed by atoms with Gasteiger partial charge in [-0.25, -0.2) is 9.78 Å². The van der Waals surface area contributed by atoms with Crippen LogP contribution in [0.25, 0.3) is 6.08 Å². The number of carbonyl (C=O) groups is 2. The van der Waals surface area contributed by atoms with Crippen molar-refractivity contribution in [1.82, 2.24) is 9.97 Å². The van der Waals surface area contributed by atoms with E-state index in [4.69, 9.17) is 10.5 Å². The van der Waals surface area contributed by atoms with Crippen molar-refractivity contribution in [3.8, 4) is 5.88 Å². The number of aromatic nitrogens is 2. The largest absolute Gasteiger partial charge is 0.402 e. The first kappa shape index (κ1) is 24.4. The van der Waals surface area contributed by atoms with Crippen LogP contribution in [-0.4, -0.2) is 21.8 Å². The summed E-state index contributed by atoms with van der Waals surface area (Å²) >= 11 is 0. The van der Waals surface area contributed by atoms with Gasteiger partial charge in [-0.05, 0) is 30.0 Å². The van der Waals surface area contributed by atoms with E-state index < -0.39 is 11.9 Å². The average Bonchev–Trinajstić information content (AvgIpc) is 3.23. The lowest BCUT2D eigenvalue weighted by molar-refractivity contribution is -0.129. The molecule has 0 spiro atoms. The number of hydrogen-bond donors (Lipinski definition) is 2. The number of amides is 1. The molecule has 0 saturated carbocycles. The maximum atomic E-state index is 11.9. The zero-order valence-corrected chi connectivity index (χ0v) is 18.6. The Morgan fingerprint density at radius 1 is 0.968 bits per heavy atom. The molecule has 0 fully saturated rings. The molecule has 0 atom stereocenters. The molecule has 0 aliphatic heterocycles. The number of H-pyrrole nitrogens is 1. The normalized spacial score (nSPS) is 11.1. The van der Waals surface area contributed by atoms with E-state index in [9.17, 15) is 9.59 Å². The third kappa shape index (κ3) is 9.64. The molecule has 0 saturated heterocycles. The van der Waals surface area contributed by atoms with E-state index in [-0.39, 0.29) is 11.6 Å². The van der Waals surface area contributed by atoms with Crippen LogP contribution in [0.5, 0.6) is 5.88 Å². The molecule has 0 aliphatic rings. The van der Waals surface area contributed by atoms with Gasteiger partial charge < -0.3 is 15.5 Å². The number of rotatable bonds is 15. The summed E-state index contributed by atoms with van der Waals surface area (Å²) in [5.74, 6) is -1.47. The number of unbranched alkanes of at least 4 members (excludes halogenated alkanes) is 9. The first-order valence-corrected chi connectivity index (χ1v) is 11.4. The van der Waals surface area contributed by atoms with Gasteiger partial charge in [0.15, 0.2) is 5.69 Å². The molecule has 3 N–H and O–H groups in total. The lowest BCUT2D eigenvalue weighted by atomic mass is 10.0. The molecule has 31 heavy (non-hydrogen) atoms. The minimum atomic E-state index is -0.734.